The summed E-state index contributed by atoms with van der Waals surface area (Å²) >= 11 is 2.47. The Hall–Kier alpha value is -5.02. The van der Waals surface area contributed by atoms with Crippen molar-refractivity contribution in [2.24, 2.45) is 5.16 Å². The Bertz CT molecular complexity index is 1900. The third-order valence-electron chi connectivity index (χ3n) is 9.16. The number of thiazole rings is 1. The van der Waals surface area contributed by atoms with Crippen LogP contribution in [-0.2, 0) is 37.1 Å². The molecule has 7 rings (SSSR count). The number of oxime groups is 1. The number of allylic oxidation sites excluding steroid dienone is 1. The van der Waals surface area contributed by atoms with Gasteiger partial charge in [0.25, 0.3) is 11.8 Å². The van der Waals surface area contributed by atoms with Crippen LogP contribution < -0.4 is 15.6 Å². The van der Waals surface area contributed by atoms with Crippen LogP contribution in [0.1, 0.15) is 48.9 Å². The first kappa shape index (κ1) is 33.5. The number of thioether (sulfide) groups is 1. The fourth-order valence-corrected chi connectivity index (χ4v) is 8.41. The molecule has 1 aliphatic carbocycles. The summed E-state index contributed by atoms with van der Waals surface area (Å²) in [6.45, 7) is 1.68. The standard InChI is InChI=1S/C35H35N7O6S2/c36-35-37-26(20-50-35)27(39-48-25-8-4-5-9-25)30(43)38-28-32(45)42-29(34(46)47)24(19-49-33(28)42)16-23-12-15-41(31(23)44)18-22-10-13-40(14-11-22)17-21-6-2-1-3-7-21/h1-3,6-7,10-11,13-14,16,20,25,28,33H,4-5,8-9,12,15,17-19H2,(H3-,36,37,38,43,46,47)/p+1/b23-16+,39-27-/t28-,33-/m1/s1. The third kappa shape index (κ3) is 7.01. The number of nitrogen functional groups attached to an aromatic ring is 1. The van der Waals surface area contributed by atoms with Gasteiger partial charge in [-0.3, -0.25) is 19.3 Å². The number of hydrogen-bond donors (Lipinski definition) is 3. The number of amides is 3. The summed E-state index contributed by atoms with van der Waals surface area (Å²) in [5.74, 6) is -2.42. The van der Waals surface area contributed by atoms with E-state index in [4.69, 9.17) is 10.6 Å². The number of nitrogens with zero attached hydrogens (tertiary/aromatic N) is 5. The van der Waals surface area contributed by atoms with Crippen molar-refractivity contribution < 1.29 is 33.7 Å². The van der Waals surface area contributed by atoms with E-state index >= 15 is 0 Å². The van der Waals surface area contributed by atoms with E-state index in [1.54, 1.807) is 16.4 Å². The molecule has 3 amide bonds. The summed E-state index contributed by atoms with van der Waals surface area (Å²) < 4.78 is 2.08. The van der Waals surface area contributed by atoms with E-state index < -0.39 is 29.2 Å². The van der Waals surface area contributed by atoms with Crippen LogP contribution in [0.3, 0.4) is 0 Å². The highest BCUT2D eigenvalue weighted by atomic mass is 32.2. The van der Waals surface area contributed by atoms with Gasteiger partial charge in [0, 0.05) is 47.5 Å². The van der Waals surface area contributed by atoms with Crippen LogP contribution in [0, 0.1) is 0 Å². The van der Waals surface area contributed by atoms with Crippen molar-refractivity contribution in [2.75, 3.05) is 18.0 Å². The average Bonchev–Trinajstić information content (AvgIpc) is 3.88. The van der Waals surface area contributed by atoms with Crippen LogP contribution in [0.25, 0.3) is 0 Å². The predicted molar refractivity (Wildman–Crippen MR) is 186 cm³/mol. The number of carboxylic acids is 1. The van der Waals surface area contributed by atoms with Gasteiger partial charge < -0.3 is 25.9 Å². The van der Waals surface area contributed by atoms with E-state index in [1.807, 2.05) is 42.7 Å². The van der Waals surface area contributed by atoms with Crippen LogP contribution in [0.2, 0.25) is 0 Å². The first-order chi connectivity index (χ1) is 24.2. The summed E-state index contributed by atoms with van der Waals surface area (Å²) in [5.41, 5.74) is 8.82. The molecule has 2 aromatic heterocycles. The highest BCUT2D eigenvalue weighted by molar-refractivity contribution is 8.00. The predicted octanol–water partition coefficient (Wildman–Crippen LogP) is 2.82. The number of hydrogen-bond acceptors (Lipinski definition) is 10. The van der Waals surface area contributed by atoms with Crippen molar-refractivity contribution in [2.45, 2.75) is 62.7 Å². The molecule has 13 nitrogen and oxygen atoms in total. The van der Waals surface area contributed by atoms with Crippen molar-refractivity contribution in [3.8, 4) is 0 Å². The lowest BCUT2D eigenvalue weighted by Gasteiger charge is -2.49. The number of nitrogens with two attached hydrogens (primary N) is 1. The van der Waals surface area contributed by atoms with E-state index in [-0.39, 0.29) is 40.0 Å². The van der Waals surface area contributed by atoms with Gasteiger partial charge in [-0.25, -0.2) is 14.3 Å². The molecule has 50 heavy (non-hydrogen) atoms. The quantitative estimate of drug-likeness (QED) is 0.0889. The van der Waals surface area contributed by atoms with Crippen molar-refractivity contribution in [3.05, 3.63) is 100.0 Å². The van der Waals surface area contributed by atoms with Crippen LogP contribution in [0.4, 0.5) is 5.13 Å². The number of likely N-dealkylation sites (tertiary alicyclic amines) is 1. The lowest BCUT2D eigenvalue weighted by atomic mass is 10.0. The minimum absolute atomic E-state index is 0.0949. The molecule has 2 atom stereocenters. The summed E-state index contributed by atoms with van der Waals surface area (Å²) in [6, 6.07) is 13.2. The summed E-state index contributed by atoms with van der Waals surface area (Å²) in [4.78, 5) is 65.5. The number of carbonyl (C=O) groups excluding carboxylic acids is 3. The molecule has 3 aromatic rings. The van der Waals surface area contributed by atoms with Crippen LogP contribution in [-0.4, -0.2) is 79.1 Å². The molecule has 0 bridgehead atoms. The monoisotopic (exact) mass is 714 g/mol. The molecule has 4 N–H and O–H groups in total. The zero-order chi connectivity index (χ0) is 34.8. The van der Waals surface area contributed by atoms with E-state index in [9.17, 15) is 24.3 Å². The van der Waals surface area contributed by atoms with Gasteiger partial charge in [-0.1, -0.05) is 35.5 Å². The second-order valence-electron chi connectivity index (χ2n) is 12.6. The molecule has 1 saturated carbocycles. The Kier molecular flexibility index (Phi) is 9.68. The number of aromatic nitrogens is 2. The number of nitrogens with one attached hydrogen (secondary N) is 1. The number of carbonyl (C=O) groups is 4. The number of rotatable bonds is 11. The van der Waals surface area contributed by atoms with Crippen LogP contribution in [0.5, 0.6) is 0 Å². The van der Waals surface area contributed by atoms with Gasteiger partial charge >= 0.3 is 5.97 Å². The minimum atomic E-state index is -1.28. The molecule has 0 radical (unpaired) electrons. The second-order valence-corrected chi connectivity index (χ2v) is 14.6. The van der Waals surface area contributed by atoms with E-state index in [1.165, 1.54) is 22.2 Å². The van der Waals surface area contributed by atoms with Crippen molar-refractivity contribution >= 4 is 57.6 Å². The highest BCUT2D eigenvalue weighted by Crippen LogP contribution is 2.41. The fraction of sp³-hybridized carbons (Fsp3) is 0.343. The summed E-state index contributed by atoms with van der Waals surface area (Å²) in [5, 5.41) is 18.2. The van der Waals surface area contributed by atoms with E-state index in [2.05, 4.69) is 32.2 Å². The summed E-state index contributed by atoms with van der Waals surface area (Å²) in [6.07, 6.45) is 9.66. The molecular weight excluding hydrogens is 679 g/mol. The molecule has 1 aromatic carbocycles. The highest BCUT2D eigenvalue weighted by Gasteiger charge is 2.54. The normalized spacial score (nSPS) is 21.8. The maximum atomic E-state index is 13.4. The molecule has 4 aliphatic rings. The third-order valence-corrected chi connectivity index (χ3v) is 11.1. The second kappa shape index (κ2) is 14.5. The molecule has 5 heterocycles. The SMILES string of the molecule is Nc1nc(/C(=N/OC2CCCC2)C(=O)N[C@@H]2C(=O)N3C(C(=O)O)=C(/C=C4\CCN(Cc5cc[n+](Cc6ccccc6)cc5)C4=O)CS[C@H]23)cs1. The zero-order valence-corrected chi connectivity index (χ0v) is 28.7. The number of fused-ring (bicyclic) bond motifs is 1. The number of β-lactam (4-membered cyclic amide) rings is 1. The molecule has 2 saturated heterocycles. The van der Waals surface area contributed by atoms with Crippen molar-refractivity contribution in [1.82, 2.24) is 20.1 Å². The number of carboxylic acid groups (broad SMARTS) is 1. The first-order valence-corrected chi connectivity index (χ1v) is 18.4. The smallest absolute Gasteiger partial charge is 0.352 e. The molecular formula is C35H36N7O6S2+. The first-order valence-electron chi connectivity index (χ1n) is 16.4. The lowest BCUT2D eigenvalue weighted by molar-refractivity contribution is -0.688. The molecule has 0 unspecified atom stereocenters. The Labute approximate surface area is 296 Å². The number of pyridine rings is 1. The molecule has 258 valence electrons. The molecule has 0 spiro atoms. The molecule has 15 heteroatoms. The fourth-order valence-electron chi connectivity index (χ4n) is 6.56. The van der Waals surface area contributed by atoms with Gasteiger partial charge in [0.15, 0.2) is 29.8 Å². The van der Waals surface area contributed by atoms with Crippen molar-refractivity contribution in [1.29, 1.82) is 0 Å². The Morgan fingerprint density at radius 3 is 2.58 bits per heavy atom. The number of aliphatic carboxylic acids is 1. The average molecular weight is 715 g/mol. The number of anilines is 1. The van der Waals surface area contributed by atoms with Gasteiger partial charge in [0.05, 0.1) is 0 Å². The maximum absolute atomic E-state index is 13.4. The van der Waals surface area contributed by atoms with Gasteiger partial charge in [-0.05, 0) is 49.3 Å². The van der Waals surface area contributed by atoms with E-state index in [0.717, 1.165) is 49.1 Å². The number of benzene rings is 1. The van der Waals surface area contributed by atoms with Gasteiger partial charge in [-0.15, -0.1) is 23.1 Å². The largest absolute Gasteiger partial charge is 0.477 e. The topological polar surface area (TPSA) is 171 Å². The van der Waals surface area contributed by atoms with Gasteiger partial charge in [0.2, 0.25) is 5.91 Å². The Morgan fingerprint density at radius 1 is 1.12 bits per heavy atom. The Balaban J connectivity index is 1.02. The van der Waals surface area contributed by atoms with E-state index in [0.29, 0.717) is 30.7 Å². The van der Waals surface area contributed by atoms with Crippen LogP contribution >= 0.6 is 23.1 Å². The van der Waals surface area contributed by atoms with Gasteiger partial charge in [-0.2, -0.15) is 0 Å². The van der Waals surface area contributed by atoms with Crippen molar-refractivity contribution in [3.63, 3.8) is 0 Å². The lowest BCUT2D eigenvalue weighted by Crippen LogP contribution is -2.71. The Morgan fingerprint density at radius 2 is 1.88 bits per heavy atom. The van der Waals surface area contributed by atoms with Crippen LogP contribution in [0.15, 0.2) is 88.3 Å². The summed E-state index contributed by atoms with van der Waals surface area (Å²) in [7, 11) is 0. The molecule has 3 fully saturated rings. The minimum Gasteiger partial charge on any atom is -0.477 e. The molecule has 3 aliphatic heterocycles. The maximum Gasteiger partial charge on any atom is 0.352 e. The zero-order valence-electron chi connectivity index (χ0n) is 27.1. The van der Waals surface area contributed by atoms with Gasteiger partial charge in [0.1, 0.15) is 28.9 Å².